The Labute approximate surface area is 142 Å². The molecular formula is C15H25ClN4O3. The number of unbranched alkanes of at least 4 members (excludes halogenated alkanes) is 2. The summed E-state index contributed by atoms with van der Waals surface area (Å²) >= 11 is 5.64. The van der Waals surface area contributed by atoms with Gasteiger partial charge >= 0.3 is 5.97 Å². The summed E-state index contributed by atoms with van der Waals surface area (Å²) in [5, 5.41) is 8.33. The van der Waals surface area contributed by atoms with Gasteiger partial charge in [-0.05, 0) is 12.8 Å². The van der Waals surface area contributed by atoms with Crippen LogP contribution >= 0.6 is 11.6 Å². The molecule has 1 aromatic heterocycles. The molecule has 0 aliphatic heterocycles. The monoisotopic (exact) mass is 345 g/mol. The van der Waals surface area contributed by atoms with Crippen molar-refractivity contribution in [1.29, 1.82) is 0 Å². The third-order valence-electron chi connectivity index (χ3n) is 2.78. The molecule has 130 valence electrons. The minimum atomic E-state index is -0.940. The number of carboxylic acids is 1. The number of H-pyrrole nitrogens is 1. The number of hydrogen-bond donors (Lipinski definition) is 3. The van der Waals surface area contributed by atoms with Crippen LogP contribution in [-0.2, 0) is 11.2 Å². The van der Waals surface area contributed by atoms with Crippen LogP contribution in [0, 0.1) is 0 Å². The van der Waals surface area contributed by atoms with Crippen molar-refractivity contribution in [3.63, 3.8) is 0 Å². The average Bonchev–Trinajstić information content (AvgIpc) is 2.90. The first-order valence-corrected chi connectivity index (χ1v) is 7.95. The summed E-state index contributed by atoms with van der Waals surface area (Å²) in [6, 6.07) is 0. The number of nitrogens with one attached hydrogen (secondary N) is 1. The number of aldehydes is 1. The predicted molar refractivity (Wildman–Crippen MR) is 91.2 cm³/mol. The number of rotatable bonds is 9. The summed E-state index contributed by atoms with van der Waals surface area (Å²) in [5.74, 6) is 0.182. The number of aliphatic imine (C=N–C) groups is 1. The number of nitrogens with two attached hydrogens (primary N) is 1. The Hall–Kier alpha value is -1.89. The van der Waals surface area contributed by atoms with Crippen molar-refractivity contribution >= 4 is 29.7 Å². The molecule has 4 N–H and O–H groups in total. The summed E-state index contributed by atoms with van der Waals surface area (Å²) in [6.45, 7) is 3.90. The molecular weight excluding hydrogens is 320 g/mol. The third kappa shape index (κ3) is 10.5. The van der Waals surface area contributed by atoms with Crippen LogP contribution < -0.4 is 5.73 Å². The normalized spacial score (nSPS) is 11.4. The molecule has 0 unspecified atom stereocenters. The second-order valence-corrected chi connectivity index (χ2v) is 5.22. The minimum absolute atomic E-state index is 0.0905. The molecule has 0 spiro atoms. The summed E-state index contributed by atoms with van der Waals surface area (Å²) in [4.78, 5) is 31.0. The first-order valence-electron chi connectivity index (χ1n) is 8.07. The van der Waals surface area contributed by atoms with E-state index in [0.717, 1.165) is 32.1 Å². The number of aliphatic carboxylic acids is 1. The highest BCUT2D eigenvalue weighted by atomic mass is 35.5. The van der Waals surface area contributed by atoms with E-state index in [1.54, 1.807) is 0 Å². The molecule has 0 saturated heterocycles. The lowest BCUT2D eigenvalue weighted by Gasteiger charge is -1.96. The van der Waals surface area contributed by atoms with Crippen molar-refractivity contribution in [1.82, 2.24) is 9.97 Å². The van der Waals surface area contributed by atoms with Crippen LogP contribution in [0.1, 0.15) is 63.6 Å². The number of carboxylic acid groups (broad SMARTS) is 1. The van der Waals surface area contributed by atoms with Crippen molar-refractivity contribution in [2.45, 2.75) is 52.4 Å². The SMILES string of the molecule is CCCCC(N)=NCC(=O)O.[2H]C(=O)c1[nH]c(CCCC)nc1Cl. The zero-order chi connectivity index (χ0) is 18.5. The van der Waals surface area contributed by atoms with Gasteiger partial charge in [-0.25, -0.2) is 4.98 Å². The molecule has 0 aliphatic rings. The largest absolute Gasteiger partial charge is 0.480 e. The number of halogens is 1. The number of nitrogens with zero attached hydrogens (tertiary/aromatic N) is 2. The van der Waals surface area contributed by atoms with Gasteiger partial charge in [0, 0.05) is 12.8 Å². The molecule has 0 atom stereocenters. The summed E-state index contributed by atoms with van der Waals surface area (Å²) in [7, 11) is 0. The number of aryl methyl sites for hydroxylation is 1. The molecule has 0 saturated carbocycles. The van der Waals surface area contributed by atoms with E-state index in [-0.39, 0.29) is 17.4 Å². The fourth-order valence-electron chi connectivity index (χ4n) is 1.53. The van der Waals surface area contributed by atoms with Crippen LogP contribution in [0.5, 0.6) is 0 Å². The molecule has 7 nitrogen and oxygen atoms in total. The van der Waals surface area contributed by atoms with E-state index in [1.165, 1.54) is 0 Å². The second-order valence-electron chi connectivity index (χ2n) is 4.86. The van der Waals surface area contributed by atoms with Gasteiger partial charge in [0.05, 0.1) is 5.84 Å². The predicted octanol–water partition coefficient (Wildman–Crippen LogP) is 2.84. The highest BCUT2D eigenvalue weighted by Crippen LogP contribution is 2.11. The van der Waals surface area contributed by atoms with Gasteiger partial charge in [0.2, 0.25) is 0 Å². The Bertz CT molecular complexity index is 561. The number of aromatic amines is 1. The van der Waals surface area contributed by atoms with Crippen LogP contribution in [-0.4, -0.2) is 39.7 Å². The number of aromatic nitrogens is 2. The second kappa shape index (κ2) is 12.6. The van der Waals surface area contributed by atoms with E-state index in [0.29, 0.717) is 18.1 Å². The van der Waals surface area contributed by atoms with Crippen LogP contribution in [0.25, 0.3) is 0 Å². The number of hydrogen-bond acceptors (Lipinski definition) is 4. The van der Waals surface area contributed by atoms with Crippen LogP contribution in [0.2, 0.25) is 5.15 Å². The van der Waals surface area contributed by atoms with Crippen molar-refractivity contribution in [2.24, 2.45) is 10.7 Å². The minimum Gasteiger partial charge on any atom is -0.480 e. The molecule has 0 aliphatic carbocycles. The molecule has 23 heavy (non-hydrogen) atoms. The highest BCUT2D eigenvalue weighted by molar-refractivity contribution is 6.31. The molecule has 1 rings (SSSR count). The van der Waals surface area contributed by atoms with E-state index < -0.39 is 12.2 Å². The van der Waals surface area contributed by atoms with Gasteiger partial charge in [0.15, 0.2) is 11.4 Å². The lowest BCUT2D eigenvalue weighted by atomic mass is 10.2. The first kappa shape index (κ1) is 19.2. The van der Waals surface area contributed by atoms with Crippen LogP contribution in [0.15, 0.2) is 4.99 Å². The first-order chi connectivity index (χ1) is 11.3. The topological polar surface area (TPSA) is 121 Å². The van der Waals surface area contributed by atoms with Gasteiger partial charge in [0.1, 0.15) is 19.4 Å². The number of amidine groups is 1. The third-order valence-corrected chi connectivity index (χ3v) is 3.06. The van der Waals surface area contributed by atoms with Crippen LogP contribution in [0.4, 0.5) is 0 Å². The van der Waals surface area contributed by atoms with Crippen molar-refractivity contribution in [2.75, 3.05) is 6.54 Å². The molecule has 0 fully saturated rings. The van der Waals surface area contributed by atoms with Gasteiger partial charge in [-0.1, -0.05) is 38.3 Å². The van der Waals surface area contributed by atoms with Gasteiger partial charge in [0.25, 0.3) is 0 Å². The maximum atomic E-state index is 10.7. The van der Waals surface area contributed by atoms with Crippen molar-refractivity contribution in [3.8, 4) is 0 Å². The Morgan fingerprint density at radius 3 is 2.61 bits per heavy atom. The summed E-state index contributed by atoms with van der Waals surface area (Å²) in [6.07, 6.45) is 4.71. The highest BCUT2D eigenvalue weighted by Gasteiger charge is 2.05. The van der Waals surface area contributed by atoms with E-state index in [1.807, 2.05) is 6.92 Å². The van der Waals surface area contributed by atoms with Crippen molar-refractivity contribution < 1.29 is 16.1 Å². The summed E-state index contributed by atoms with van der Waals surface area (Å²) in [5.41, 5.74) is 5.49. The maximum Gasteiger partial charge on any atom is 0.325 e. The fraction of sp³-hybridized carbons (Fsp3) is 0.600. The molecule has 0 radical (unpaired) electrons. The Morgan fingerprint density at radius 2 is 2.13 bits per heavy atom. The molecule has 1 heterocycles. The van der Waals surface area contributed by atoms with Crippen molar-refractivity contribution in [3.05, 3.63) is 16.7 Å². The van der Waals surface area contributed by atoms with Gasteiger partial charge in [-0.15, -0.1) is 0 Å². The zero-order valence-electron chi connectivity index (χ0n) is 14.6. The zero-order valence-corrected chi connectivity index (χ0v) is 14.3. The quantitative estimate of drug-likeness (QED) is 0.361. The average molecular weight is 346 g/mol. The van der Waals surface area contributed by atoms with E-state index in [9.17, 15) is 9.59 Å². The molecule has 8 heteroatoms. The maximum absolute atomic E-state index is 10.7. The Balaban J connectivity index is 0.000000449. The number of carbonyl (C=O) groups is 2. The molecule has 0 bridgehead atoms. The standard InChI is InChI=1S/C8H11ClN2O.C7H14N2O2/c1-2-3-4-7-10-6(5-12)8(9)11-7;1-2-3-4-6(8)9-5-7(10)11/h5H,2-4H2,1H3,(H,10,11);2-5H2,1H3,(H2,8,9)(H,10,11)/i5D;. The van der Waals surface area contributed by atoms with E-state index >= 15 is 0 Å². The fourth-order valence-corrected chi connectivity index (χ4v) is 1.72. The van der Waals surface area contributed by atoms with Gasteiger partial charge in [-0.2, -0.15) is 0 Å². The van der Waals surface area contributed by atoms with Gasteiger partial charge < -0.3 is 15.8 Å². The number of carbonyl (C=O) groups excluding carboxylic acids is 1. The molecule has 0 amide bonds. The lowest BCUT2D eigenvalue weighted by molar-refractivity contribution is -0.135. The number of imidazole rings is 1. The lowest BCUT2D eigenvalue weighted by Crippen LogP contribution is -2.14. The molecule has 1 aromatic rings. The van der Waals surface area contributed by atoms with E-state index in [4.69, 9.17) is 23.8 Å². The summed E-state index contributed by atoms with van der Waals surface area (Å²) < 4.78 is 6.86. The smallest absolute Gasteiger partial charge is 0.325 e. The van der Waals surface area contributed by atoms with Crippen LogP contribution in [0.3, 0.4) is 0 Å². The van der Waals surface area contributed by atoms with Gasteiger partial charge in [-0.3, -0.25) is 14.6 Å². The molecule has 0 aromatic carbocycles. The Kier molecular flexibility index (Phi) is 10.5. The van der Waals surface area contributed by atoms with E-state index in [2.05, 4.69) is 21.9 Å². The Morgan fingerprint density at radius 1 is 1.48 bits per heavy atom.